The van der Waals surface area contributed by atoms with Crippen molar-refractivity contribution in [1.29, 1.82) is 0 Å². The Balaban J connectivity index is 1.63. The number of Topliss-reactive ketones (excluding diaryl/α,β-unsaturated/α-hetero) is 1. The van der Waals surface area contributed by atoms with Gasteiger partial charge in [-0.15, -0.1) is 0 Å². The molecule has 2 aliphatic heterocycles. The normalized spacial score (nSPS) is 24.1. The van der Waals surface area contributed by atoms with Crippen molar-refractivity contribution in [3.8, 4) is 0 Å². The number of hydrogen-bond donors (Lipinski definition) is 2. The summed E-state index contributed by atoms with van der Waals surface area (Å²) in [6, 6.07) is 18.0. The first-order valence-corrected chi connectivity index (χ1v) is 12.3. The summed E-state index contributed by atoms with van der Waals surface area (Å²) >= 11 is 0. The van der Waals surface area contributed by atoms with Crippen LogP contribution in [0.2, 0.25) is 0 Å². The van der Waals surface area contributed by atoms with Gasteiger partial charge in [0.1, 0.15) is 5.54 Å². The Bertz CT molecular complexity index is 1520. The van der Waals surface area contributed by atoms with Crippen LogP contribution in [0.25, 0.3) is 0 Å². The molecule has 10 heteroatoms. The van der Waals surface area contributed by atoms with Crippen LogP contribution in [-0.4, -0.2) is 39.1 Å². The number of aryl methyl sites for hydroxylation is 1. The van der Waals surface area contributed by atoms with Crippen LogP contribution in [-0.2, 0) is 20.8 Å². The first-order chi connectivity index (χ1) is 18.5. The molecular weight excluding hydrogens is 502 g/mol. The van der Waals surface area contributed by atoms with Crippen molar-refractivity contribution >= 4 is 34.9 Å². The maximum absolute atomic E-state index is 14.0. The van der Waals surface area contributed by atoms with Gasteiger partial charge in [0, 0.05) is 30.2 Å². The number of carbonyl (C=O) groups is 4. The Labute approximate surface area is 223 Å². The lowest BCUT2D eigenvalue weighted by atomic mass is 9.76. The van der Waals surface area contributed by atoms with Gasteiger partial charge in [-0.25, -0.2) is 4.90 Å². The molecule has 5 rings (SSSR count). The van der Waals surface area contributed by atoms with E-state index >= 15 is 0 Å². The van der Waals surface area contributed by atoms with Gasteiger partial charge in [0.05, 0.1) is 22.4 Å². The highest BCUT2D eigenvalue weighted by molar-refractivity contribution is 6.24. The van der Waals surface area contributed by atoms with E-state index in [9.17, 15) is 34.4 Å². The highest BCUT2D eigenvalue weighted by Crippen LogP contribution is 2.51. The number of fused-ring (bicyclic) bond motifs is 1. The van der Waals surface area contributed by atoms with Crippen molar-refractivity contribution in [3.05, 3.63) is 105 Å². The minimum Gasteiger partial charge on any atom is -0.480 e. The number of imide groups is 1. The number of non-ortho nitro benzene ring substituents is 1. The van der Waals surface area contributed by atoms with Crippen LogP contribution >= 0.6 is 0 Å². The predicted octanol–water partition coefficient (Wildman–Crippen LogP) is 3.62. The molecule has 2 N–H and O–H groups in total. The molecule has 3 aromatic carbocycles. The highest BCUT2D eigenvalue weighted by atomic mass is 16.6. The van der Waals surface area contributed by atoms with Gasteiger partial charge in [0.25, 0.3) is 5.69 Å². The van der Waals surface area contributed by atoms with Gasteiger partial charge in [0.2, 0.25) is 11.8 Å². The van der Waals surface area contributed by atoms with Gasteiger partial charge in [-0.1, -0.05) is 36.4 Å². The number of amides is 2. The Hall–Kier alpha value is -4.70. The molecule has 39 heavy (non-hydrogen) atoms. The summed E-state index contributed by atoms with van der Waals surface area (Å²) < 4.78 is 0. The van der Waals surface area contributed by atoms with E-state index in [4.69, 9.17) is 0 Å². The van der Waals surface area contributed by atoms with Gasteiger partial charge >= 0.3 is 5.97 Å². The molecule has 0 saturated carbocycles. The van der Waals surface area contributed by atoms with Crippen LogP contribution in [0.3, 0.4) is 0 Å². The lowest BCUT2D eigenvalue weighted by Crippen LogP contribution is -2.57. The molecule has 2 amide bonds. The lowest BCUT2D eigenvalue weighted by molar-refractivity contribution is -0.384. The van der Waals surface area contributed by atoms with E-state index in [1.54, 1.807) is 12.1 Å². The summed E-state index contributed by atoms with van der Waals surface area (Å²) in [5.41, 5.74) is 0.644. The second-order valence-corrected chi connectivity index (χ2v) is 9.97. The van der Waals surface area contributed by atoms with Crippen LogP contribution in [0, 0.1) is 28.9 Å². The SMILES string of the molecule is CC(=O)c1ccc(N2C(=O)C3C(c4ccccc4C)NC(Cc4ccc([N+](=O)[O-])cc4)(C(=O)O)C3C2=O)cc1. The Morgan fingerprint density at radius 2 is 1.64 bits per heavy atom. The first kappa shape index (κ1) is 25.9. The number of nitrogens with zero attached hydrogens (tertiary/aromatic N) is 2. The molecular formula is C29H25N3O7. The summed E-state index contributed by atoms with van der Waals surface area (Å²) in [6.45, 7) is 3.26. The number of aliphatic carboxylic acids is 1. The van der Waals surface area contributed by atoms with Crippen LogP contribution in [0.4, 0.5) is 11.4 Å². The average Bonchev–Trinajstić information content (AvgIpc) is 3.38. The third kappa shape index (κ3) is 4.18. The van der Waals surface area contributed by atoms with E-state index < -0.39 is 46.1 Å². The van der Waals surface area contributed by atoms with E-state index in [0.29, 0.717) is 16.7 Å². The zero-order chi connectivity index (χ0) is 28.1. The van der Waals surface area contributed by atoms with E-state index in [1.807, 2.05) is 19.1 Å². The molecule has 2 fully saturated rings. The van der Waals surface area contributed by atoms with Gasteiger partial charge in [-0.2, -0.15) is 0 Å². The van der Waals surface area contributed by atoms with Crippen molar-refractivity contribution in [2.24, 2.45) is 11.8 Å². The number of nitrogens with one attached hydrogen (secondary N) is 1. The first-order valence-electron chi connectivity index (χ1n) is 12.3. The minimum absolute atomic E-state index is 0.148. The number of nitro benzene ring substituents is 1. The van der Waals surface area contributed by atoms with E-state index in [-0.39, 0.29) is 23.6 Å². The van der Waals surface area contributed by atoms with Gasteiger partial charge < -0.3 is 5.11 Å². The molecule has 0 radical (unpaired) electrons. The Morgan fingerprint density at radius 1 is 1.00 bits per heavy atom. The summed E-state index contributed by atoms with van der Waals surface area (Å²) in [5, 5.41) is 24.9. The number of anilines is 1. The van der Waals surface area contributed by atoms with Crippen molar-refractivity contribution < 1.29 is 29.2 Å². The van der Waals surface area contributed by atoms with Gasteiger partial charge in [0.15, 0.2) is 5.78 Å². The summed E-state index contributed by atoms with van der Waals surface area (Å²) in [5.74, 6) is -4.94. The number of benzene rings is 3. The molecule has 0 aromatic heterocycles. The number of carbonyl (C=O) groups excluding carboxylic acids is 3. The van der Waals surface area contributed by atoms with Crippen LogP contribution in [0.5, 0.6) is 0 Å². The topological polar surface area (TPSA) is 147 Å². The number of hydrogen-bond acceptors (Lipinski definition) is 7. The largest absolute Gasteiger partial charge is 0.480 e. The van der Waals surface area contributed by atoms with E-state index in [2.05, 4.69) is 5.32 Å². The standard InChI is InChI=1S/C29H25N3O7/c1-16-5-3-4-6-22(16)25-23-24(27(35)31(26(23)34)20-13-9-19(10-14-20)17(2)33)29(30-25,28(36)37)15-18-7-11-21(12-8-18)32(38)39/h3-14,23-25,30H,15H2,1-2H3,(H,36,37). The number of carboxylic acids is 1. The smallest absolute Gasteiger partial charge is 0.325 e. The lowest BCUT2D eigenvalue weighted by Gasteiger charge is -2.31. The molecule has 10 nitrogen and oxygen atoms in total. The molecule has 4 unspecified atom stereocenters. The minimum atomic E-state index is -1.87. The van der Waals surface area contributed by atoms with E-state index in [0.717, 1.165) is 10.5 Å². The quantitative estimate of drug-likeness (QED) is 0.205. The number of nitro groups is 1. The average molecular weight is 528 g/mol. The molecule has 3 aromatic rings. The van der Waals surface area contributed by atoms with E-state index in [1.165, 1.54) is 55.5 Å². The number of rotatable bonds is 7. The third-order valence-electron chi connectivity index (χ3n) is 7.72. The van der Waals surface area contributed by atoms with Crippen LogP contribution in [0.1, 0.15) is 40.0 Å². The van der Waals surface area contributed by atoms with Crippen LogP contribution < -0.4 is 10.2 Å². The molecule has 4 atom stereocenters. The molecule has 0 spiro atoms. The van der Waals surface area contributed by atoms with Crippen molar-refractivity contribution in [3.63, 3.8) is 0 Å². The summed E-state index contributed by atoms with van der Waals surface area (Å²) in [4.78, 5) is 64.2. The second-order valence-electron chi connectivity index (χ2n) is 9.97. The monoisotopic (exact) mass is 527 g/mol. The molecule has 2 aliphatic rings. The molecule has 0 bridgehead atoms. The predicted molar refractivity (Wildman–Crippen MR) is 140 cm³/mol. The Kier molecular flexibility index (Phi) is 6.35. The zero-order valence-electron chi connectivity index (χ0n) is 21.2. The third-order valence-corrected chi connectivity index (χ3v) is 7.72. The fraction of sp³-hybridized carbons (Fsp3) is 0.241. The van der Waals surface area contributed by atoms with Gasteiger partial charge in [-0.3, -0.25) is 34.6 Å². The molecule has 2 heterocycles. The summed E-state index contributed by atoms with van der Waals surface area (Å²) in [6.07, 6.45) is -0.181. The molecule has 198 valence electrons. The fourth-order valence-corrected chi connectivity index (χ4v) is 5.80. The maximum atomic E-state index is 14.0. The Morgan fingerprint density at radius 3 is 2.21 bits per heavy atom. The van der Waals surface area contributed by atoms with Crippen molar-refractivity contribution in [2.75, 3.05) is 4.90 Å². The molecule has 2 saturated heterocycles. The summed E-state index contributed by atoms with van der Waals surface area (Å²) in [7, 11) is 0. The zero-order valence-corrected chi connectivity index (χ0v) is 21.2. The highest BCUT2D eigenvalue weighted by Gasteiger charge is 2.68. The number of carboxylic acid groups (broad SMARTS) is 1. The molecule has 0 aliphatic carbocycles. The van der Waals surface area contributed by atoms with Crippen molar-refractivity contribution in [2.45, 2.75) is 31.8 Å². The fourth-order valence-electron chi connectivity index (χ4n) is 5.80. The van der Waals surface area contributed by atoms with Gasteiger partial charge in [-0.05, 0) is 54.8 Å². The second kappa shape index (κ2) is 9.55. The number of ketones is 1. The van der Waals surface area contributed by atoms with Crippen molar-refractivity contribution in [1.82, 2.24) is 5.32 Å². The van der Waals surface area contributed by atoms with Crippen LogP contribution in [0.15, 0.2) is 72.8 Å². The maximum Gasteiger partial charge on any atom is 0.325 e.